The molecule has 0 saturated carbocycles. The molecule has 0 aliphatic carbocycles. The molecule has 1 N–H and O–H groups in total. The van der Waals surface area contributed by atoms with E-state index in [1.165, 1.54) is 0 Å². The first-order valence-electron chi connectivity index (χ1n) is 7.17. The lowest BCUT2D eigenvalue weighted by Gasteiger charge is -2.32. The minimum absolute atomic E-state index is 0.0487. The van der Waals surface area contributed by atoms with Crippen LogP contribution < -0.4 is 4.74 Å². The zero-order valence-corrected chi connectivity index (χ0v) is 12.5. The number of benzene rings is 1. The van der Waals surface area contributed by atoms with Crippen molar-refractivity contribution in [3.05, 3.63) is 29.3 Å². The van der Waals surface area contributed by atoms with Gasteiger partial charge in [-0.15, -0.1) is 0 Å². The van der Waals surface area contributed by atoms with Gasteiger partial charge in [0.05, 0.1) is 7.11 Å². The summed E-state index contributed by atoms with van der Waals surface area (Å²) in [5.74, 6) is -0.109. The molecule has 21 heavy (non-hydrogen) atoms. The molecule has 0 aromatic heterocycles. The zero-order valence-electron chi connectivity index (χ0n) is 12.5. The van der Waals surface area contributed by atoms with Crippen molar-refractivity contribution in [1.29, 1.82) is 0 Å². The van der Waals surface area contributed by atoms with Crippen LogP contribution >= 0.6 is 0 Å². The maximum atomic E-state index is 12.5. The van der Waals surface area contributed by atoms with E-state index in [1.54, 1.807) is 24.1 Å². The minimum atomic E-state index is -0.800. The Bertz CT molecular complexity index is 541. The molecule has 1 aliphatic heterocycles. The third-order valence-corrected chi connectivity index (χ3v) is 3.92. The van der Waals surface area contributed by atoms with Gasteiger partial charge < -0.3 is 14.7 Å². The first-order valence-corrected chi connectivity index (χ1v) is 7.17. The van der Waals surface area contributed by atoms with Crippen LogP contribution in [-0.4, -0.2) is 42.1 Å². The molecular formula is C16H21NO4. The molecule has 1 atom stereocenters. The number of piperidine rings is 1. The second kappa shape index (κ2) is 6.61. The van der Waals surface area contributed by atoms with Gasteiger partial charge >= 0.3 is 5.97 Å². The molecule has 1 aliphatic rings. The van der Waals surface area contributed by atoms with Crippen LogP contribution in [0.2, 0.25) is 0 Å². The van der Waals surface area contributed by atoms with Crippen molar-refractivity contribution in [2.45, 2.75) is 26.2 Å². The lowest BCUT2D eigenvalue weighted by atomic mass is 9.94. The standard InChI is InChI=1S/C16H21NO4/c1-11-5-6-13(9-14(11)21-2)16(20)17-7-3-4-12(10-17)8-15(18)19/h5-6,9,12H,3-4,7-8,10H2,1-2H3,(H,18,19). The van der Waals surface area contributed by atoms with Crippen LogP contribution in [0.25, 0.3) is 0 Å². The molecule has 1 aromatic rings. The molecule has 1 unspecified atom stereocenters. The van der Waals surface area contributed by atoms with Gasteiger partial charge in [-0.1, -0.05) is 6.07 Å². The number of carboxylic acid groups (broad SMARTS) is 1. The summed E-state index contributed by atoms with van der Waals surface area (Å²) < 4.78 is 5.25. The lowest BCUT2D eigenvalue weighted by molar-refractivity contribution is -0.138. The highest BCUT2D eigenvalue weighted by molar-refractivity contribution is 5.94. The molecule has 1 amide bonds. The van der Waals surface area contributed by atoms with Crippen LogP contribution in [0.5, 0.6) is 5.75 Å². The second-order valence-electron chi connectivity index (χ2n) is 5.54. The number of carbonyl (C=O) groups excluding carboxylic acids is 1. The van der Waals surface area contributed by atoms with Crippen molar-refractivity contribution in [3.63, 3.8) is 0 Å². The van der Waals surface area contributed by atoms with Gasteiger partial charge in [-0.3, -0.25) is 9.59 Å². The fourth-order valence-electron chi connectivity index (χ4n) is 2.80. The summed E-state index contributed by atoms with van der Waals surface area (Å²) in [6.45, 7) is 3.13. The molecule has 1 fully saturated rings. The van der Waals surface area contributed by atoms with E-state index >= 15 is 0 Å². The zero-order chi connectivity index (χ0) is 15.4. The summed E-state index contributed by atoms with van der Waals surface area (Å²) in [5, 5.41) is 8.89. The molecule has 1 saturated heterocycles. The van der Waals surface area contributed by atoms with E-state index in [0.717, 1.165) is 18.4 Å². The average molecular weight is 291 g/mol. The van der Waals surface area contributed by atoms with Gasteiger partial charge in [-0.2, -0.15) is 0 Å². The van der Waals surface area contributed by atoms with Gasteiger partial charge in [0.1, 0.15) is 5.75 Å². The molecule has 5 nitrogen and oxygen atoms in total. The fraction of sp³-hybridized carbons (Fsp3) is 0.500. The Kier molecular flexibility index (Phi) is 4.83. The third-order valence-electron chi connectivity index (χ3n) is 3.92. The second-order valence-corrected chi connectivity index (χ2v) is 5.54. The molecule has 2 rings (SSSR count). The molecule has 1 heterocycles. The Morgan fingerprint density at radius 1 is 1.43 bits per heavy atom. The number of nitrogens with zero attached hydrogens (tertiary/aromatic N) is 1. The van der Waals surface area contributed by atoms with Crippen molar-refractivity contribution in [2.75, 3.05) is 20.2 Å². The van der Waals surface area contributed by atoms with E-state index in [0.29, 0.717) is 24.4 Å². The van der Waals surface area contributed by atoms with Gasteiger partial charge in [0.15, 0.2) is 0 Å². The summed E-state index contributed by atoms with van der Waals surface area (Å²) >= 11 is 0. The topological polar surface area (TPSA) is 66.8 Å². The summed E-state index contributed by atoms with van der Waals surface area (Å²) in [7, 11) is 1.58. The largest absolute Gasteiger partial charge is 0.496 e. The number of hydrogen-bond acceptors (Lipinski definition) is 3. The molecule has 0 radical (unpaired) electrons. The highest BCUT2D eigenvalue weighted by atomic mass is 16.5. The molecular weight excluding hydrogens is 270 g/mol. The van der Waals surface area contributed by atoms with Gasteiger partial charge in [0.2, 0.25) is 0 Å². The minimum Gasteiger partial charge on any atom is -0.496 e. The number of aliphatic carboxylic acids is 1. The fourth-order valence-corrected chi connectivity index (χ4v) is 2.80. The quantitative estimate of drug-likeness (QED) is 0.924. The number of methoxy groups -OCH3 is 1. The van der Waals surface area contributed by atoms with Crippen molar-refractivity contribution >= 4 is 11.9 Å². The van der Waals surface area contributed by atoms with Crippen molar-refractivity contribution in [1.82, 2.24) is 4.90 Å². The highest BCUT2D eigenvalue weighted by Gasteiger charge is 2.26. The highest BCUT2D eigenvalue weighted by Crippen LogP contribution is 2.24. The van der Waals surface area contributed by atoms with E-state index in [9.17, 15) is 9.59 Å². The monoisotopic (exact) mass is 291 g/mol. The number of amides is 1. The van der Waals surface area contributed by atoms with Gasteiger partial charge in [-0.25, -0.2) is 0 Å². The number of likely N-dealkylation sites (tertiary alicyclic amines) is 1. The van der Waals surface area contributed by atoms with Gasteiger partial charge in [0, 0.05) is 25.1 Å². The number of ether oxygens (including phenoxy) is 1. The Labute approximate surface area is 124 Å². The molecule has 1 aromatic carbocycles. The average Bonchev–Trinajstić information content (AvgIpc) is 2.46. The summed E-state index contributed by atoms with van der Waals surface area (Å²) in [5.41, 5.74) is 1.57. The molecule has 5 heteroatoms. The number of rotatable bonds is 4. The lowest BCUT2D eigenvalue weighted by Crippen LogP contribution is -2.40. The number of carbonyl (C=O) groups is 2. The van der Waals surface area contributed by atoms with Crippen LogP contribution in [0.1, 0.15) is 35.2 Å². The predicted octanol–water partition coefficient (Wildman–Crippen LogP) is 2.33. The smallest absolute Gasteiger partial charge is 0.303 e. The first-order chi connectivity index (χ1) is 10.0. The number of hydrogen-bond donors (Lipinski definition) is 1. The molecule has 0 spiro atoms. The first kappa shape index (κ1) is 15.4. The van der Waals surface area contributed by atoms with Crippen molar-refractivity contribution in [3.8, 4) is 5.75 Å². The molecule has 114 valence electrons. The maximum absolute atomic E-state index is 12.5. The predicted molar refractivity (Wildman–Crippen MR) is 78.6 cm³/mol. The maximum Gasteiger partial charge on any atom is 0.303 e. The summed E-state index contributed by atoms with van der Waals surface area (Å²) in [6, 6.07) is 5.41. The van der Waals surface area contributed by atoms with Crippen LogP contribution in [0, 0.1) is 12.8 Å². The summed E-state index contributed by atoms with van der Waals surface area (Å²) in [6.07, 6.45) is 1.85. The third kappa shape index (κ3) is 3.74. The van der Waals surface area contributed by atoms with E-state index < -0.39 is 5.97 Å². The van der Waals surface area contributed by atoms with Gasteiger partial charge in [-0.05, 0) is 43.4 Å². The molecule has 0 bridgehead atoms. The Morgan fingerprint density at radius 3 is 2.86 bits per heavy atom. The van der Waals surface area contributed by atoms with Crippen LogP contribution in [-0.2, 0) is 4.79 Å². The summed E-state index contributed by atoms with van der Waals surface area (Å²) in [4.78, 5) is 25.1. The van der Waals surface area contributed by atoms with Crippen LogP contribution in [0.15, 0.2) is 18.2 Å². The van der Waals surface area contributed by atoms with Crippen molar-refractivity contribution < 1.29 is 19.4 Å². The van der Waals surface area contributed by atoms with E-state index in [-0.39, 0.29) is 18.2 Å². The van der Waals surface area contributed by atoms with Crippen LogP contribution in [0.3, 0.4) is 0 Å². The van der Waals surface area contributed by atoms with Gasteiger partial charge in [0.25, 0.3) is 5.91 Å². The SMILES string of the molecule is COc1cc(C(=O)N2CCCC(CC(=O)O)C2)ccc1C. The van der Waals surface area contributed by atoms with E-state index in [2.05, 4.69) is 0 Å². The normalized spacial score (nSPS) is 18.4. The van der Waals surface area contributed by atoms with Crippen LogP contribution in [0.4, 0.5) is 0 Å². The number of aryl methyl sites for hydroxylation is 1. The van der Waals surface area contributed by atoms with E-state index in [1.807, 2.05) is 13.0 Å². The number of carboxylic acids is 1. The Balaban J connectivity index is 2.10. The van der Waals surface area contributed by atoms with E-state index in [4.69, 9.17) is 9.84 Å². The Morgan fingerprint density at radius 2 is 2.19 bits per heavy atom. The Hall–Kier alpha value is -2.04. The van der Waals surface area contributed by atoms with Crippen molar-refractivity contribution in [2.24, 2.45) is 5.92 Å².